The summed E-state index contributed by atoms with van der Waals surface area (Å²) in [5.41, 5.74) is 2.90. The molecule has 34 heavy (non-hydrogen) atoms. The minimum absolute atomic E-state index is 0.162. The first-order valence-electron chi connectivity index (χ1n) is 10.1. The first-order chi connectivity index (χ1) is 16.4. The lowest BCUT2D eigenvalue weighted by Gasteiger charge is -2.26. The Hall–Kier alpha value is -3.51. The van der Waals surface area contributed by atoms with Gasteiger partial charge >= 0.3 is 11.8 Å². The molecule has 0 atom stereocenters. The normalized spacial score (nSPS) is 13.4. The highest BCUT2D eigenvalue weighted by molar-refractivity contribution is 9.10. The fourth-order valence-corrected chi connectivity index (χ4v) is 3.50. The molecule has 10 nitrogen and oxygen atoms in total. The summed E-state index contributed by atoms with van der Waals surface area (Å²) in [4.78, 5) is 37.8. The zero-order chi connectivity index (χ0) is 24.5. The highest BCUT2D eigenvalue weighted by atomic mass is 79.9. The summed E-state index contributed by atoms with van der Waals surface area (Å²) in [5, 5.41) is 6.09. The summed E-state index contributed by atoms with van der Waals surface area (Å²) >= 11 is 3.38. The molecule has 0 saturated carbocycles. The van der Waals surface area contributed by atoms with E-state index in [1.807, 2.05) is 0 Å². The number of halogens is 2. The van der Waals surface area contributed by atoms with Crippen molar-refractivity contribution in [1.82, 2.24) is 10.3 Å². The van der Waals surface area contributed by atoms with Crippen molar-refractivity contribution in [1.29, 1.82) is 0 Å². The minimum atomic E-state index is -1.01. The van der Waals surface area contributed by atoms with Crippen LogP contribution in [0, 0.1) is 5.82 Å². The number of carbonyl (C=O) groups excluding carboxylic acids is 3. The third-order valence-corrected chi connectivity index (χ3v) is 5.23. The molecule has 1 heterocycles. The summed E-state index contributed by atoms with van der Waals surface area (Å²) in [6.45, 7) is 1.86. The Labute approximate surface area is 203 Å². The molecule has 1 aliphatic rings. The largest absolute Gasteiger partial charge is 0.493 e. The van der Waals surface area contributed by atoms with Crippen molar-refractivity contribution in [2.75, 3.05) is 45.3 Å². The van der Waals surface area contributed by atoms with Gasteiger partial charge < -0.3 is 24.4 Å². The number of hydrogen-bond acceptors (Lipinski definition) is 7. The Morgan fingerprint density at radius 1 is 1.18 bits per heavy atom. The standard InChI is InChI=1S/C22H22BrFN4O6/c1-32-18-11-14(10-17(23)20(18)34-13-19(29)28-6-8-33-9-7-28)12-25-27-22(31)21(30)26-16-4-2-15(24)3-5-16/h2-5,10-12H,6-9,13H2,1H3,(H,26,30)(H,27,31)/b25-12-. The zero-order valence-electron chi connectivity index (χ0n) is 18.2. The molecule has 0 aliphatic carbocycles. The highest BCUT2D eigenvalue weighted by Crippen LogP contribution is 2.36. The van der Waals surface area contributed by atoms with Crippen LogP contribution in [0.15, 0.2) is 46.0 Å². The van der Waals surface area contributed by atoms with E-state index >= 15 is 0 Å². The van der Waals surface area contributed by atoms with Gasteiger partial charge in [0, 0.05) is 18.8 Å². The molecule has 2 N–H and O–H groups in total. The van der Waals surface area contributed by atoms with E-state index in [1.165, 1.54) is 25.5 Å². The van der Waals surface area contributed by atoms with Crippen LogP contribution in [0.5, 0.6) is 11.5 Å². The van der Waals surface area contributed by atoms with Crippen LogP contribution < -0.4 is 20.2 Å². The van der Waals surface area contributed by atoms with Crippen LogP contribution in [-0.2, 0) is 19.1 Å². The van der Waals surface area contributed by atoms with Gasteiger partial charge in [0.25, 0.3) is 5.91 Å². The van der Waals surface area contributed by atoms with Crippen LogP contribution >= 0.6 is 15.9 Å². The number of benzene rings is 2. The van der Waals surface area contributed by atoms with Gasteiger partial charge in [-0.2, -0.15) is 5.10 Å². The molecule has 1 aliphatic heterocycles. The number of ether oxygens (including phenoxy) is 3. The maximum atomic E-state index is 12.9. The van der Waals surface area contributed by atoms with Gasteiger partial charge in [0.05, 0.1) is 31.0 Å². The first kappa shape index (κ1) is 25.1. The summed E-state index contributed by atoms with van der Waals surface area (Å²) in [6, 6.07) is 8.20. The molecule has 2 aromatic rings. The smallest absolute Gasteiger partial charge is 0.329 e. The molecule has 0 spiro atoms. The molecule has 0 aromatic heterocycles. The van der Waals surface area contributed by atoms with Crippen molar-refractivity contribution >= 4 is 45.6 Å². The Morgan fingerprint density at radius 2 is 1.88 bits per heavy atom. The molecule has 180 valence electrons. The molecule has 0 radical (unpaired) electrons. The number of anilines is 1. The van der Waals surface area contributed by atoms with Gasteiger partial charge in [-0.15, -0.1) is 0 Å². The molecule has 3 rings (SSSR count). The van der Waals surface area contributed by atoms with Crippen molar-refractivity contribution in [3.63, 3.8) is 0 Å². The highest BCUT2D eigenvalue weighted by Gasteiger charge is 2.19. The summed E-state index contributed by atoms with van der Waals surface area (Å²) in [7, 11) is 1.45. The van der Waals surface area contributed by atoms with Crippen molar-refractivity contribution in [2.45, 2.75) is 0 Å². The van der Waals surface area contributed by atoms with Crippen molar-refractivity contribution in [3.05, 3.63) is 52.3 Å². The van der Waals surface area contributed by atoms with E-state index in [0.29, 0.717) is 47.8 Å². The average Bonchev–Trinajstić information content (AvgIpc) is 2.84. The van der Waals surface area contributed by atoms with Crippen LogP contribution in [0.1, 0.15) is 5.56 Å². The molecule has 2 aromatic carbocycles. The second kappa shape index (κ2) is 12.1. The predicted octanol–water partition coefficient (Wildman–Crippen LogP) is 1.92. The summed E-state index contributed by atoms with van der Waals surface area (Å²) < 4.78 is 29.7. The first-order valence-corrected chi connectivity index (χ1v) is 10.9. The van der Waals surface area contributed by atoms with Crippen molar-refractivity contribution in [2.24, 2.45) is 5.10 Å². The number of carbonyl (C=O) groups is 3. The maximum Gasteiger partial charge on any atom is 0.329 e. The van der Waals surface area contributed by atoms with Gasteiger partial charge in [0.15, 0.2) is 18.1 Å². The molecule has 1 saturated heterocycles. The molecular weight excluding hydrogens is 515 g/mol. The quantitative estimate of drug-likeness (QED) is 0.317. The second-order valence-corrected chi connectivity index (χ2v) is 7.83. The molecule has 0 bridgehead atoms. The Bertz CT molecular complexity index is 1070. The third-order valence-electron chi connectivity index (χ3n) is 4.64. The maximum absolute atomic E-state index is 12.9. The number of nitrogens with one attached hydrogen (secondary N) is 2. The van der Waals surface area contributed by atoms with E-state index in [4.69, 9.17) is 14.2 Å². The number of nitrogens with zero attached hydrogens (tertiary/aromatic N) is 2. The van der Waals surface area contributed by atoms with Crippen LogP contribution in [-0.4, -0.2) is 68.9 Å². The van der Waals surface area contributed by atoms with E-state index in [0.717, 1.165) is 12.1 Å². The van der Waals surface area contributed by atoms with Crippen LogP contribution in [0.3, 0.4) is 0 Å². The van der Waals surface area contributed by atoms with Gasteiger partial charge in [-0.3, -0.25) is 14.4 Å². The Morgan fingerprint density at radius 3 is 2.56 bits per heavy atom. The second-order valence-electron chi connectivity index (χ2n) is 6.98. The molecule has 1 fully saturated rings. The van der Waals surface area contributed by atoms with Crippen molar-refractivity contribution in [3.8, 4) is 11.5 Å². The van der Waals surface area contributed by atoms with E-state index in [1.54, 1.807) is 17.0 Å². The molecule has 3 amide bonds. The molecule has 12 heteroatoms. The number of methoxy groups -OCH3 is 1. The summed E-state index contributed by atoms with van der Waals surface area (Å²) in [6.07, 6.45) is 1.30. The van der Waals surface area contributed by atoms with Crippen LogP contribution in [0.4, 0.5) is 10.1 Å². The van der Waals surface area contributed by atoms with Crippen LogP contribution in [0.25, 0.3) is 0 Å². The van der Waals surface area contributed by atoms with E-state index < -0.39 is 17.6 Å². The van der Waals surface area contributed by atoms with Gasteiger partial charge in [0.2, 0.25) is 0 Å². The van der Waals surface area contributed by atoms with Gasteiger partial charge in [-0.25, -0.2) is 9.82 Å². The van der Waals surface area contributed by atoms with Crippen molar-refractivity contribution < 1.29 is 33.0 Å². The van der Waals surface area contributed by atoms with Crippen LogP contribution in [0.2, 0.25) is 0 Å². The number of rotatable bonds is 7. The average molecular weight is 537 g/mol. The Balaban J connectivity index is 1.57. The lowest BCUT2D eigenvalue weighted by molar-refractivity contribution is -0.137. The molecular formula is C22H22BrFN4O6. The summed E-state index contributed by atoms with van der Waals surface area (Å²) in [5.74, 6) is -1.92. The van der Waals surface area contributed by atoms with E-state index in [-0.39, 0.29) is 18.2 Å². The minimum Gasteiger partial charge on any atom is -0.493 e. The zero-order valence-corrected chi connectivity index (χ0v) is 19.8. The SMILES string of the molecule is COc1cc(/C=N\NC(=O)C(=O)Nc2ccc(F)cc2)cc(Br)c1OCC(=O)N1CCOCC1. The lowest BCUT2D eigenvalue weighted by Crippen LogP contribution is -2.43. The monoisotopic (exact) mass is 536 g/mol. The van der Waals surface area contributed by atoms with E-state index in [2.05, 4.69) is 31.8 Å². The lowest BCUT2D eigenvalue weighted by atomic mass is 10.2. The van der Waals surface area contributed by atoms with Gasteiger partial charge in [-0.05, 0) is 57.9 Å². The van der Waals surface area contributed by atoms with Gasteiger partial charge in [0.1, 0.15) is 5.82 Å². The third kappa shape index (κ3) is 6.99. The number of hydrazone groups is 1. The fraction of sp³-hybridized carbons (Fsp3) is 0.273. The topological polar surface area (TPSA) is 119 Å². The van der Waals surface area contributed by atoms with Gasteiger partial charge in [-0.1, -0.05) is 0 Å². The fourth-order valence-electron chi connectivity index (χ4n) is 2.93. The predicted molar refractivity (Wildman–Crippen MR) is 124 cm³/mol. The molecule has 0 unspecified atom stereocenters. The number of morpholine rings is 1. The van der Waals surface area contributed by atoms with E-state index in [9.17, 15) is 18.8 Å². The Kier molecular flexibility index (Phi) is 8.93. The number of hydrogen-bond donors (Lipinski definition) is 2. The number of amides is 3.